The Labute approximate surface area is 93.1 Å². The third kappa shape index (κ3) is 3.94. The second-order valence-electron chi connectivity index (χ2n) is 4.95. The van der Waals surface area contributed by atoms with E-state index in [2.05, 4.69) is 6.92 Å². The fourth-order valence-electron chi connectivity index (χ4n) is 2.71. The van der Waals surface area contributed by atoms with Crippen molar-refractivity contribution in [3.05, 3.63) is 0 Å². The van der Waals surface area contributed by atoms with Gasteiger partial charge in [-0.1, -0.05) is 26.2 Å². The highest BCUT2D eigenvalue weighted by Gasteiger charge is 2.34. The Morgan fingerprint density at radius 2 is 2.20 bits per heavy atom. The summed E-state index contributed by atoms with van der Waals surface area (Å²) in [5, 5.41) is 9.38. The number of Topliss-reactive ketones (excluding diaryl/α,β-unsaturated/α-hetero) is 1. The average molecular weight is 212 g/mol. The Bertz CT molecular complexity index is 199. The predicted octanol–water partition coefficient (Wildman–Crippen LogP) is 2.93. The highest BCUT2D eigenvalue weighted by Crippen LogP contribution is 2.35. The van der Waals surface area contributed by atoms with Gasteiger partial charge >= 0.3 is 0 Å². The molecule has 2 nitrogen and oxygen atoms in total. The first kappa shape index (κ1) is 12.7. The van der Waals surface area contributed by atoms with Crippen LogP contribution in [-0.4, -0.2) is 17.0 Å². The monoisotopic (exact) mass is 212 g/mol. The quantitative estimate of drug-likeness (QED) is 0.687. The molecule has 0 heterocycles. The molecule has 0 amide bonds. The van der Waals surface area contributed by atoms with Gasteiger partial charge in [-0.3, -0.25) is 4.79 Å². The Kier molecular flexibility index (Phi) is 5.30. The topological polar surface area (TPSA) is 37.3 Å². The summed E-state index contributed by atoms with van der Waals surface area (Å²) >= 11 is 0. The number of unbranched alkanes of at least 4 members (excludes halogenated alkanes) is 2. The van der Waals surface area contributed by atoms with Crippen LogP contribution in [0.25, 0.3) is 0 Å². The maximum atomic E-state index is 11.7. The van der Waals surface area contributed by atoms with Crippen molar-refractivity contribution in [1.29, 1.82) is 0 Å². The number of carbonyl (C=O) groups is 1. The molecule has 1 aliphatic rings. The summed E-state index contributed by atoms with van der Waals surface area (Å²) in [6, 6.07) is 0. The van der Waals surface area contributed by atoms with Crippen LogP contribution in [0, 0.1) is 11.8 Å². The molecule has 3 atom stereocenters. The van der Waals surface area contributed by atoms with Crippen molar-refractivity contribution in [3.63, 3.8) is 0 Å². The molecule has 1 N–H and O–H groups in total. The summed E-state index contributed by atoms with van der Waals surface area (Å²) < 4.78 is 0. The van der Waals surface area contributed by atoms with E-state index in [0.29, 0.717) is 11.7 Å². The standard InChI is InChI=1S/C13H24O2/c1-3-4-5-6-12-11(9-10(2)14)7-8-13(12)15/h10-12,14H,3-9H2,1-2H3. The van der Waals surface area contributed by atoms with Crippen molar-refractivity contribution in [2.75, 3.05) is 0 Å². The van der Waals surface area contributed by atoms with Crippen molar-refractivity contribution in [3.8, 4) is 0 Å². The van der Waals surface area contributed by atoms with Crippen molar-refractivity contribution in [1.82, 2.24) is 0 Å². The van der Waals surface area contributed by atoms with Crippen LogP contribution in [0.3, 0.4) is 0 Å². The number of ketones is 1. The lowest BCUT2D eigenvalue weighted by molar-refractivity contribution is -0.121. The van der Waals surface area contributed by atoms with Gasteiger partial charge in [-0.2, -0.15) is 0 Å². The molecule has 1 fully saturated rings. The summed E-state index contributed by atoms with van der Waals surface area (Å²) in [5.74, 6) is 1.15. The number of aliphatic hydroxyl groups excluding tert-OH is 1. The number of hydrogen-bond donors (Lipinski definition) is 1. The van der Waals surface area contributed by atoms with E-state index in [1.54, 1.807) is 0 Å². The molecule has 0 aromatic rings. The zero-order valence-corrected chi connectivity index (χ0v) is 10.0. The van der Waals surface area contributed by atoms with Crippen LogP contribution in [0.5, 0.6) is 0 Å². The minimum Gasteiger partial charge on any atom is -0.393 e. The minimum atomic E-state index is -0.255. The van der Waals surface area contributed by atoms with Crippen molar-refractivity contribution < 1.29 is 9.90 Å². The van der Waals surface area contributed by atoms with Gasteiger partial charge in [0.15, 0.2) is 0 Å². The molecule has 0 radical (unpaired) electrons. The Morgan fingerprint density at radius 1 is 1.47 bits per heavy atom. The van der Waals surface area contributed by atoms with Gasteiger partial charge in [0.1, 0.15) is 5.78 Å². The summed E-state index contributed by atoms with van der Waals surface area (Å²) in [6.45, 7) is 4.01. The van der Waals surface area contributed by atoms with E-state index in [9.17, 15) is 9.90 Å². The zero-order valence-electron chi connectivity index (χ0n) is 10.0. The van der Waals surface area contributed by atoms with Crippen LogP contribution >= 0.6 is 0 Å². The highest BCUT2D eigenvalue weighted by atomic mass is 16.3. The first-order valence-electron chi connectivity index (χ1n) is 6.36. The van der Waals surface area contributed by atoms with E-state index >= 15 is 0 Å². The molecule has 1 saturated carbocycles. The maximum absolute atomic E-state index is 11.7. The molecule has 0 aromatic carbocycles. The molecular weight excluding hydrogens is 188 g/mol. The fraction of sp³-hybridized carbons (Fsp3) is 0.923. The Hall–Kier alpha value is -0.370. The SMILES string of the molecule is CCCCCC1C(=O)CCC1CC(C)O. The van der Waals surface area contributed by atoms with E-state index < -0.39 is 0 Å². The molecule has 88 valence electrons. The molecular formula is C13H24O2. The lowest BCUT2D eigenvalue weighted by Gasteiger charge is -2.19. The van der Waals surface area contributed by atoms with E-state index in [4.69, 9.17) is 0 Å². The van der Waals surface area contributed by atoms with Crippen LogP contribution < -0.4 is 0 Å². The van der Waals surface area contributed by atoms with E-state index in [0.717, 1.165) is 25.7 Å². The number of carbonyl (C=O) groups excluding carboxylic acids is 1. The normalized spacial score (nSPS) is 28.3. The molecule has 0 saturated heterocycles. The third-order valence-electron chi connectivity index (χ3n) is 3.51. The van der Waals surface area contributed by atoms with Gasteiger partial charge in [-0.25, -0.2) is 0 Å². The molecule has 1 aliphatic carbocycles. The van der Waals surface area contributed by atoms with Crippen LogP contribution in [-0.2, 0) is 4.79 Å². The molecule has 0 bridgehead atoms. The van der Waals surface area contributed by atoms with Gasteiger partial charge < -0.3 is 5.11 Å². The van der Waals surface area contributed by atoms with E-state index in [-0.39, 0.29) is 12.0 Å². The van der Waals surface area contributed by atoms with E-state index in [1.165, 1.54) is 19.3 Å². The molecule has 0 spiro atoms. The van der Waals surface area contributed by atoms with Crippen LogP contribution in [0.4, 0.5) is 0 Å². The molecule has 2 heteroatoms. The number of aliphatic hydroxyl groups is 1. The Balaban J connectivity index is 2.38. The van der Waals surface area contributed by atoms with Crippen LogP contribution in [0.2, 0.25) is 0 Å². The Morgan fingerprint density at radius 3 is 2.80 bits per heavy atom. The summed E-state index contributed by atoms with van der Waals surface area (Å²) in [4.78, 5) is 11.7. The van der Waals surface area contributed by atoms with Crippen molar-refractivity contribution in [2.45, 2.75) is 64.9 Å². The van der Waals surface area contributed by atoms with Gasteiger partial charge in [0, 0.05) is 12.3 Å². The molecule has 0 aromatic heterocycles. The predicted molar refractivity (Wildman–Crippen MR) is 61.7 cm³/mol. The first-order valence-corrected chi connectivity index (χ1v) is 6.36. The number of rotatable bonds is 6. The summed E-state index contributed by atoms with van der Waals surface area (Å²) in [5.41, 5.74) is 0. The summed E-state index contributed by atoms with van der Waals surface area (Å²) in [6.07, 6.45) is 6.95. The van der Waals surface area contributed by atoms with Gasteiger partial charge in [-0.05, 0) is 32.1 Å². The van der Waals surface area contributed by atoms with Gasteiger partial charge in [-0.15, -0.1) is 0 Å². The van der Waals surface area contributed by atoms with Gasteiger partial charge in [0.05, 0.1) is 6.10 Å². The number of hydrogen-bond acceptors (Lipinski definition) is 2. The molecule has 3 unspecified atom stereocenters. The van der Waals surface area contributed by atoms with Crippen LogP contribution in [0.1, 0.15) is 58.8 Å². The van der Waals surface area contributed by atoms with Crippen molar-refractivity contribution >= 4 is 5.78 Å². The minimum absolute atomic E-state index is 0.255. The average Bonchev–Trinajstić information content (AvgIpc) is 2.49. The smallest absolute Gasteiger partial charge is 0.136 e. The van der Waals surface area contributed by atoms with Crippen molar-refractivity contribution in [2.24, 2.45) is 11.8 Å². The van der Waals surface area contributed by atoms with Gasteiger partial charge in [0.25, 0.3) is 0 Å². The maximum Gasteiger partial charge on any atom is 0.136 e. The second-order valence-corrected chi connectivity index (χ2v) is 4.95. The zero-order chi connectivity index (χ0) is 11.3. The largest absolute Gasteiger partial charge is 0.393 e. The molecule has 1 rings (SSSR count). The molecule has 0 aliphatic heterocycles. The first-order chi connectivity index (χ1) is 7.15. The van der Waals surface area contributed by atoms with E-state index in [1.807, 2.05) is 6.92 Å². The second kappa shape index (κ2) is 6.26. The highest BCUT2D eigenvalue weighted by molar-refractivity contribution is 5.83. The molecule has 15 heavy (non-hydrogen) atoms. The van der Waals surface area contributed by atoms with Gasteiger partial charge in [0.2, 0.25) is 0 Å². The summed E-state index contributed by atoms with van der Waals surface area (Å²) in [7, 11) is 0. The lowest BCUT2D eigenvalue weighted by Crippen LogP contribution is -2.18. The van der Waals surface area contributed by atoms with Crippen LogP contribution in [0.15, 0.2) is 0 Å². The fourth-order valence-corrected chi connectivity index (χ4v) is 2.71. The lowest BCUT2D eigenvalue weighted by atomic mass is 9.86. The third-order valence-corrected chi connectivity index (χ3v) is 3.51.